The monoisotopic (exact) mass is 593 g/mol. The van der Waals surface area contributed by atoms with Crippen molar-refractivity contribution in [1.82, 2.24) is 15.1 Å². The van der Waals surface area contributed by atoms with Crippen molar-refractivity contribution in [2.45, 2.75) is 84.0 Å². The van der Waals surface area contributed by atoms with E-state index in [1.165, 1.54) is 19.1 Å². The molecule has 1 saturated heterocycles. The first-order chi connectivity index (χ1) is 19.0. The predicted octanol–water partition coefficient (Wildman–Crippen LogP) is 4.19. The zero-order valence-corrected chi connectivity index (χ0v) is 24.7. The molecule has 1 unspecified atom stereocenters. The van der Waals surface area contributed by atoms with E-state index in [0.29, 0.717) is 12.8 Å². The molecule has 0 spiro atoms. The number of carbonyl (C=O) groups excluding carboxylic acids is 3. The van der Waals surface area contributed by atoms with Crippen LogP contribution in [-0.2, 0) is 19.1 Å². The van der Waals surface area contributed by atoms with E-state index in [1.54, 1.807) is 20.8 Å². The summed E-state index contributed by atoms with van der Waals surface area (Å²) >= 11 is 0. The molecular formula is C28H40F5N3O5. The summed E-state index contributed by atoms with van der Waals surface area (Å²) in [4.78, 5) is 43.0. The maximum Gasteiger partial charge on any atom is 0.314 e. The minimum Gasteiger partial charge on any atom is -0.420 e. The fourth-order valence-electron chi connectivity index (χ4n) is 5.14. The molecule has 0 saturated carbocycles. The van der Waals surface area contributed by atoms with E-state index >= 15 is 0 Å². The molecule has 1 fully saturated rings. The zero-order valence-electron chi connectivity index (χ0n) is 24.7. The van der Waals surface area contributed by atoms with Gasteiger partial charge >= 0.3 is 5.97 Å². The maximum atomic E-state index is 14.1. The number of likely N-dealkylation sites (N-methyl/N-ethyl adjacent to an activating group) is 2. The summed E-state index contributed by atoms with van der Waals surface area (Å²) in [5.41, 5.74) is -0.773. The fraction of sp³-hybridized carbons (Fsp3) is 0.679. The molecule has 1 heterocycles. The number of hydrogen-bond donors (Lipinski definition) is 1. The van der Waals surface area contributed by atoms with E-state index in [-0.39, 0.29) is 17.7 Å². The molecule has 1 aromatic rings. The number of rotatable bonds is 12. The van der Waals surface area contributed by atoms with Crippen LogP contribution in [0.3, 0.4) is 0 Å². The minimum absolute atomic E-state index is 0.280. The normalized spacial score (nSPS) is 20.4. The van der Waals surface area contributed by atoms with Crippen LogP contribution in [0.4, 0.5) is 22.0 Å². The minimum atomic E-state index is -2.38. The first-order valence-corrected chi connectivity index (χ1v) is 13.6. The van der Waals surface area contributed by atoms with Gasteiger partial charge in [-0.25, -0.2) is 13.2 Å². The number of amides is 2. The van der Waals surface area contributed by atoms with Crippen LogP contribution in [0.1, 0.15) is 60.3 Å². The molecule has 232 valence electrons. The second-order valence-corrected chi connectivity index (χ2v) is 11.2. The second-order valence-electron chi connectivity index (χ2n) is 11.2. The topological polar surface area (TPSA) is 88.2 Å². The summed E-state index contributed by atoms with van der Waals surface area (Å²) in [6.45, 7) is 9.77. The molecule has 5 atom stereocenters. The highest BCUT2D eigenvalue weighted by Gasteiger charge is 2.44. The Hall–Kier alpha value is -2.80. The lowest BCUT2D eigenvalue weighted by molar-refractivity contribution is -0.147. The van der Waals surface area contributed by atoms with Crippen molar-refractivity contribution in [3.63, 3.8) is 0 Å². The highest BCUT2D eigenvalue weighted by Crippen LogP contribution is 2.31. The van der Waals surface area contributed by atoms with Gasteiger partial charge in [-0.15, -0.1) is 0 Å². The van der Waals surface area contributed by atoms with Crippen LogP contribution in [0.5, 0.6) is 5.75 Å². The van der Waals surface area contributed by atoms with Gasteiger partial charge < -0.3 is 19.7 Å². The Balaban J connectivity index is 2.31. The number of methoxy groups -OCH3 is 1. The number of nitrogens with one attached hydrogen (secondary N) is 1. The van der Waals surface area contributed by atoms with Gasteiger partial charge in [0.1, 0.15) is 6.04 Å². The van der Waals surface area contributed by atoms with Gasteiger partial charge in [0, 0.05) is 14.2 Å². The quantitative estimate of drug-likeness (QED) is 0.129. The molecule has 1 aliphatic rings. The molecular weight excluding hydrogens is 553 g/mol. The van der Waals surface area contributed by atoms with Crippen LogP contribution < -0.4 is 10.1 Å². The number of ether oxygens (including phenoxy) is 2. The van der Waals surface area contributed by atoms with Gasteiger partial charge in [0.2, 0.25) is 46.6 Å². The van der Waals surface area contributed by atoms with Crippen molar-refractivity contribution in [3.8, 4) is 5.75 Å². The highest BCUT2D eigenvalue weighted by molar-refractivity contribution is 5.92. The Kier molecular flexibility index (Phi) is 11.7. The summed E-state index contributed by atoms with van der Waals surface area (Å²) < 4.78 is 78.7. The SMILES string of the molecule is CC[C@H](C)[C@@H](C(CC(=O)Oc1c(F)c(F)c(F)c(F)c1F)OC)N(C)C(=O)[C@@H](NC(=O)[C@]1(C)CCCN1C)C(C)C. The lowest BCUT2D eigenvalue weighted by Gasteiger charge is -2.40. The Bertz CT molecular complexity index is 1110. The van der Waals surface area contributed by atoms with E-state index in [2.05, 4.69) is 10.1 Å². The van der Waals surface area contributed by atoms with Crippen LogP contribution in [0.25, 0.3) is 0 Å². The third kappa shape index (κ3) is 7.17. The van der Waals surface area contributed by atoms with Gasteiger partial charge in [-0.2, -0.15) is 8.78 Å². The number of nitrogens with zero attached hydrogens (tertiary/aromatic N) is 2. The Morgan fingerprint density at radius 1 is 1.02 bits per heavy atom. The second kappa shape index (κ2) is 13.9. The molecule has 8 nitrogen and oxygen atoms in total. The van der Waals surface area contributed by atoms with Crippen molar-refractivity contribution in [2.24, 2.45) is 11.8 Å². The van der Waals surface area contributed by atoms with Crippen molar-refractivity contribution in [2.75, 3.05) is 27.7 Å². The number of halogens is 5. The summed E-state index contributed by atoms with van der Waals surface area (Å²) in [7, 11) is 4.59. The number of esters is 1. The molecule has 1 aliphatic heterocycles. The predicted molar refractivity (Wildman–Crippen MR) is 140 cm³/mol. The van der Waals surface area contributed by atoms with Crippen LogP contribution in [0, 0.1) is 40.9 Å². The number of hydrogen-bond acceptors (Lipinski definition) is 6. The molecule has 41 heavy (non-hydrogen) atoms. The zero-order chi connectivity index (χ0) is 31.4. The Morgan fingerprint density at radius 2 is 1.56 bits per heavy atom. The largest absolute Gasteiger partial charge is 0.420 e. The lowest BCUT2D eigenvalue weighted by atomic mass is 9.89. The third-order valence-corrected chi connectivity index (χ3v) is 8.17. The number of benzene rings is 1. The molecule has 0 aliphatic carbocycles. The third-order valence-electron chi connectivity index (χ3n) is 8.17. The van der Waals surface area contributed by atoms with E-state index in [9.17, 15) is 36.3 Å². The van der Waals surface area contributed by atoms with Crippen LogP contribution in [0.2, 0.25) is 0 Å². The first kappa shape index (κ1) is 34.4. The van der Waals surface area contributed by atoms with Gasteiger partial charge in [-0.05, 0) is 45.2 Å². The van der Waals surface area contributed by atoms with Crippen LogP contribution in [0.15, 0.2) is 0 Å². The van der Waals surface area contributed by atoms with Gasteiger partial charge in [0.05, 0.1) is 24.1 Å². The number of likely N-dealkylation sites (tertiary alicyclic amines) is 1. The molecule has 0 aromatic heterocycles. The summed E-state index contributed by atoms with van der Waals surface area (Å²) in [6, 6.07) is -1.70. The summed E-state index contributed by atoms with van der Waals surface area (Å²) in [5.74, 6) is -15.8. The molecule has 2 rings (SSSR count). The van der Waals surface area contributed by atoms with Gasteiger partial charge in [0.25, 0.3) is 0 Å². The average Bonchev–Trinajstić information content (AvgIpc) is 3.28. The summed E-state index contributed by atoms with van der Waals surface area (Å²) in [6.07, 6.45) is 0.236. The highest BCUT2D eigenvalue weighted by atomic mass is 19.2. The maximum absolute atomic E-state index is 14.1. The van der Waals surface area contributed by atoms with Crippen LogP contribution in [-0.4, -0.2) is 79.1 Å². The summed E-state index contributed by atoms with van der Waals surface area (Å²) in [5, 5.41) is 2.89. The van der Waals surface area contributed by atoms with E-state index in [0.717, 1.165) is 13.0 Å². The molecule has 0 radical (unpaired) electrons. The fourth-order valence-corrected chi connectivity index (χ4v) is 5.14. The molecule has 2 amide bonds. The van der Waals surface area contributed by atoms with E-state index in [1.807, 2.05) is 25.8 Å². The Morgan fingerprint density at radius 3 is 2.00 bits per heavy atom. The molecule has 1 aromatic carbocycles. The standard InChI is InChI=1S/C28H40F5N3O5/c1-9-15(4)24(16(40-8)13-17(37)41-25-21(32)19(30)18(29)20(31)22(25)33)36(7)26(38)23(14(2)3)34-27(39)28(5)11-10-12-35(28)6/h14-16,23-24H,9-13H2,1-8H3,(H,34,39)/t15-,16?,23-,24-,28-/m0/s1. The smallest absolute Gasteiger partial charge is 0.314 e. The van der Waals surface area contributed by atoms with Gasteiger partial charge in [-0.3, -0.25) is 19.3 Å². The van der Waals surface area contributed by atoms with Crippen molar-refractivity contribution >= 4 is 17.8 Å². The average molecular weight is 594 g/mol. The molecule has 1 N–H and O–H groups in total. The van der Waals surface area contributed by atoms with Crippen LogP contribution >= 0.6 is 0 Å². The molecule has 13 heteroatoms. The number of carbonyl (C=O) groups is 3. The molecule has 0 bridgehead atoms. The van der Waals surface area contributed by atoms with Gasteiger partial charge in [-0.1, -0.05) is 34.1 Å². The van der Waals surface area contributed by atoms with Gasteiger partial charge in [0.15, 0.2) is 0 Å². The van der Waals surface area contributed by atoms with E-state index < -0.39 is 76.9 Å². The van der Waals surface area contributed by atoms with Crippen molar-refractivity contribution < 1.29 is 45.8 Å². The van der Waals surface area contributed by atoms with E-state index in [4.69, 9.17) is 4.74 Å². The van der Waals surface area contributed by atoms with Crippen molar-refractivity contribution in [1.29, 1.82) is 0 Å². The lowest BCUT2D eigenvalue weighted by Crippen LogP contribution is -2.61. The Labute approximate surface area is 237 Å². The first-order valence-electron chi connectivity index (χ1n) is 13.6. The van der Waals surface area contributed by atoms with Crippen molar-refractivity contribution in [3.05, 3.63) is 29.1 Å².